The fraction of sp³-hybridized carbons (Fsp3) is 0.150. The van der Waals surface area contributed by atoms with Gasteiger partial charge in [0.1, 0.15) is 11.1 Å². The number of nitrogens with zero attached hydrogens (tertiary/aromatic N) is 1. The molecule has 0 bridgehead atoms. The van der Waals surface area contributed by atoms with E-state index in [1.54, 1.807) is 31.2 Å². The van der Waals surface area contributed by atoms with Crippen LogP contribution < -0.4 is 10.9 Å². The number of rotatable bonds is 2. The molecule has 4 aromatic rings. The summed E-state index contributed by atoms with van der Waals surface area (Å²) in [6.07, 6.45) is 0. The molecule has 0 aliphatic carbocycles. The molecular weight excluding hydrogens is 330 g/mol. The second kappa shape index (κ2) is 5.84. The van der Waals surface area contributed by atoms with Crippen LogP contribution in [0.5, 0.6) is 0 Å². The Bertz CT molecular complexity index is 1230. The lowest BCUT2D eigenvalue weighted by Crippen LogP contribution is -2.23. The van der Waals surface area contributed by atoms with E-state index in [0.717, 1.165) is 22.0 Å². The highest BCUT2D eigenvalue weighted by Crippen LogP contribution is 2.25. The maximum absolute atomic E-state index is 12.7. The molecule has 6 heteroatoms. The van der Waals surface area contributed by atoms with Crippen LogP contribution in [0.4, 0.5) is 5.69 Å². The van der Waals surface area contributed by atoms with Crippen LogP contribution in [0.15, 0.2) is 45.6 Å². The quantitative estimate of drug-likeness (QED) is 0.576. The highest BCUT2D eigenvalue weighted by atomic mass is 16.3. The molecule has 6 nitrogen and oxygen atoms in total. The number of para-hydroxylation sites is 1. The van der Waals surface area contributed by atoms with Crippen LogP contribution in [0.2, 0.25) is 0 Å². The van der Waals surface area contributed by atoms with E-state index in [-0.39, 0.29) is 5.56 Å². The number of anilines is 1. The van der Waals surface area contributed by atoms with Crippen molar-refractivity contribution in [2.75, 3.05) is 5.32 Å². The number of carbonyl (C=O) groups excluding carboxylic acids is 1. The van der Waals surface area contributed by atoms with E-state index in [9.17, 15) is 9.59 Å². The minimum absolute atomic E-state index is 0.0516. The number of H-pyrrole nitrogens is 1. The molecule has 2 N–H and O–H groups in total. The number of aromatic amines is 1. The summed E-state index contributed by atoms with van der Waals surface area (Å²) >= 11 is 0. The van der Waals surface area contributed by atoms with Crippen LogP contribution in [0.3, 0.4) is 0 Å². The van der Waals surface area contributed by atoms with E-state index in [2.05, 4.69) is 15.3 Å². The van der Waals surface area contributed by atoms with Gasteiger partial charge in [0.15, 0.2) is 11.5 Å². The zero-order valence-corrected chi connectivity index (χ0v) is 14.6. The number of oxazole rings is 1. The summed E-state index contributed by atoms with van der Waals surface area (Å²) in [5.74, 6) is 0.0186. The maximum atomic E-state index is 12.7. The van der Waals surface area contributed by atoms with Crippen LogP contribution in [-0.2, 0) is 0 Å². The van der Waals surface area contributed by atoms with Gasteiger partial charge in [0.2, 0.25) is 0 Å². The summed E-state index contributed by atoms with van der Waals surface area (Å²) in [5, 5.41) is 3.58. The molecule has 2 aromatic heterocycles. The van der Waals surface area contributed by atoms with E-state index in [0.29, 0.717) is 22.7 Å². The van der Waals surface area contributed by atoms with Crippen molar-refractivity contribution < 1.29 is 9.21 Å². The zero-order valence-electron chi connectivity index (χ0n) is 14.6. The number of carbonyl (C=O) groups is 1. The number of aryl methyl sites for hydroxylation is 3. The average Bonchev–Trinajstić information content (AvgIpc) is 2.96. The van der Waals surface area contributed by atoms with Crippen molar-refractivity contribution >= 4 is 33.6 Å². The van der Waals surface area contributed by atoms with Gasteiger partial charge in [-0.2, -0.15) is 0 Å². The highest BCUT2D eigenvalue weighted by molar-refractivity contribution is 6.08. The standard InChI is InChI=1S/C20H17N3O3/c1-10-7-11(2)17-13(8-10)9-14(20(25)23-17)19(24)22-16-6-4-5-15-18(16)26-12(3)21-15/h4-9H,1-3H3,(H,22,24)(H,23,25). The van der Waals surface area contributed by atoms with Gasteiger partial charge in [-0.1, -0.05) is 17.7 Å². The third-order valence-electron chi connectivity index (χ3n) is 4.31. The molecule has 0 saturated heterocycles. The predicted octanol–water partition coefficient (Wildman–Crippen LogP) is 3.85. The molecule has 0 aliphatic heterocycles. The van der Waals surface area contributed by atoms with Gasteiger partial charge < -0.3 is 14.7 Å². The normalized spacial score (nSPS) is 11.2. The van der Waals surface area contributed by atoms with E-state index in [1.807, 2.05) is 26.0 Å². The van der Waals surface area contributed by atoms with Gasteiger partial charge in [-0.15, -0.1) is 0 Å². The summed E-state index contributed by atoms with van der Waals surface area (Å²) in [6, 6.07) is 10.8. The monoisotopic (exact) mass is 347 g/mol. The number of hydrogen-bond acceptors (Lipinski definition) is 4. The average molecular weight is 347 g/mol. The second-order valence-corrected chi connectivity index (χ2v) is 6.40. The molecule has 0 fully saturated rings. The van der Waals surface area contributed by atoms with Gasteiger partial charge in [-0.25, -0.2) is 4.98 Å². The largest absolute Gasteiger partial charge is 0.439 e. The number of hydrogen-bond donors (Lipinski definition) is 2. The summed E-state index contributed by atoms with van der Waals surface area (Å²) in [7, 11) is 0. The Morgan fingerprint density at radius 1 is 1.15 bits per heavy atom. The van der Waals surface area contributed by atoms with Gasteiger partial charge in [0.05, 0.1) is 11.2 Å². The summed E-state index contributed by atoms with van der Waals surface area (Å²) in [6.45, 7) is 5.65. The first-order valence-corrected chi connectivity index (χ1v) is 8.24. The van der Waals surface area contributed by atoms with Crippen molar-refractivity contribution in [2.24, 2.45) is 0 Å². The Morgan fingerprint density at radius 3 is 2.77 bits per heavy atom. The molecule has 0 atom stereocenters. The lowest BCUT2D eigenvalue weighted by atomic mass is 10.1. The van der Waals surface area contributed by atoms with E-state index < -0.39 is 11.5 Å². The van der Waals surface area contributed by atoms with Gasteiger partial charge in [0.25, 0.3) is 11.5 Å². The minimum atomic E-state index is -0.492. The van der Waals surface area contributed by atoms with E-state index in [1.165, 1.54) is 0 Å². The van der Waals surface area contributed by atoms with Crippen molar-refractivity contribution in [1.82, 2.24) is 9.97 Å². The predicted molar refractivity (Wildman–Crippen MR) is 101 cm³/mol. The molecule has 0 radical (unpaired) electrons. The number of amides is 1. The molecule has 1 amide bonds. The number of benzene rings is 2. The van der Waals surface area contributed by atoms with Crippen LogP contribution in [0, 0.1) is 20.8 Å². The molecule has 2 heterocycles. The molecular formula is C20H17N3O3. The van der Waals surface area contributed by atoms with Crippen molar-refractivity contribution in [3.05, 3.63) is 69.3 Å². The van der Waals surface area contributed by atoms with Gasteiger partial charge in [-0.3, -0.25) is 9.59 Å². The van der Waals surface area contributed by atoms with Crippen molar-refractivity contribution in [2.45, 2.75) is 20.8 Å². The Kier molecular flexibility index (Phi) is 3.61. The van der Waals surface area contributed by atoms with Crippen molar-refractivity contribution in [1.29, 1.82) is 0 Å². The van der Waals surface area contributed by atoms with E-state index in [4.69, 9.17) is 4.42 Å². The summed E-state index contributed by atoms with van der Waals surface area (Å²) in [5.41, 5.74) is 4.01. The number of nitrogens with one attached hydrogen (secondary N) is 2. The van der Waals surface area contributed by atoms with Gasteiger partial charge in [0, 0.05) is 6.92 Å². The SMILES string of the molecule is Cc1cc(C)c2[nH]c(=O)c(C(=O)Nc3cccc4nc(C)oc34)cc2c1. The maximum Gasteiger partial charge on any atom is 0.261 e. The first-order valence-electron chi connectivity index (χ1n) is 8.24. The first kappa shape index (κ1) is 16.1. The topological polar surface area (TPSA) is 88.0 Å². The molecule has 0 unspecified atom stereocenters. The number of aromatic nitrogens is 2. The zero-order chi connectivity index (χ0) is 18.4. The molecule has 4 rings (SSSR count). The molecule has 0 aliphatic rings. The summed E-state index contributed by atoms with van der Waals surface area (Å²) < 4.78 is 5.56. The van der Waals surface area contributed by atoms with Crippen molar-refractivity contribution in [3.8, 4) is 0 Å². The lowest BCUT2D eigenvalue weighted by Gasteiger charge is -2.08. The van der Waals surface area contributed by atoms with Gasteiger partial charge in [-0.05, 0) is 49.1 Å². The first-order chi connectivity index (χ1) is 12.4. The fourth-order valence-electron chi connectivity index (χ4n) is 3.20. The molecule has 0 spiro atoms. The van der Waals surface area contributed by atoms with Crippen molar-refractivity contribution in [3.63, 3.8) is 0 Å². The highest BCUT2D eigenvalue weighted by Gasteiger charge is 2.16. The molecule has 2 aromatic carbocycles. The van der Waals surface area contributed by atoms with E-state index >= 15 is 0 Å². The smallest absolute Gasteiger partial charge is 0.261 e. The molecule has 0 saturated carbocycles. The van der Waals surface area contributed by atoms with Crippen LogP contribution in [-0.4, -0.2) is 15.9 Å². The lowest BCUT2D eigenvalue weighted by molar-refractivity contribution is 0.102. The number of pyridine rings is 1. The van der Waals surface area contributed by atoms with Gasteiger partial charge >= 0.3 is 0 Å². The Hall–Kier alpha value is -3.41. The molecule has 26 heavy (non-hydrogen) atoms. The fourth-order valence-corrected chi connectivity index (χ4v) is 3.20. The van der Waals surface area contributed by atoms with Crippen LogP contribution in [0.1, 0.15) is 27.4 Å². The Balaban J connectivity index is 1.78. The number of fused-ring (bicyclic) bond motifs is 2. The van der Waals surface area contributed by atoms with Crippen LogP contribution in [0.25, 0.3) is 22.0 Å². The molecule has 130 valence electrons. The third kappa shape index (κ3) is 2.65. The summed E-state index contributed by atoms with van der Waals surface area (Å²) in [4.78, 5) is 32.2. The minimum Gasteiger partial charge on any atom is -0.439 e. The Labute approximate surface area is 148 Å². The second-order valence-electron chi connectivity index (χ2n) is 6.40. The van der Waals surface area contributed by atoms with Crippen LogP contribution >= 0.6 is 0 Å². The third-order valence-corrected chi connectivity index (χ3v) is 4.31. The Morgan fingerprint density at radius 2 is 1.96 bits per heavy atom.